The van der Waals surface area contributed by atoms with Crippen molar-refractivity contribution in [2.24, 2.45) is 5.92 Å². The van der Waals surface area contributed by atoms with Crippen molar-refractivity contribution >= 4 is 22.8 Å². The third-order valence-corrected chi connectivity index (χ3v) is 5.94. The molecular formula is C20H29N5O3. The molecule has 28 heavy (non-hydrogen) atoms. The van der Waals surface area contributed by atoms with Crippen LogP contribution in [-0.2, 0) is 9.53 Å². The topological polar surface area (TPSA) is 83.7 Å². The molecule has 2 aliphatic heterocycles. The van der Waals surface area contributed by atoms with Gasteiger partial charge in [-0.3, -0.25) is 9.69 Å². The first-order chi connectivity index (χ1) is 13.6. The van der Waals surface area contributed by atoms with Gasteiger partial charge >= 0.3 is 0 Å². The zero-order valence-corrected chi connectivity index (χ0v) is 16.7. The van der Waals surface area contributed by atoms with Crippen LogP contribution in [0.3, 0.4) is 0 Å². The second-order valence-corrected chi connectivity index (χ2v) is 7.67. The molecule has 8 nitrogen and oxygen atoms in total. The molecule has 0 bridgehead atoms. The number of ether oxygens (including phenoxy) is 1. The summed E-state index contributed by atoms with van der Waals surface area (Å²) in [6.07, 6.45) is 3.24. The van der Waals surface area contributed by atoms with Gasteiger partial charge in [-0.05, 0) is 26.7 Å². The largest absolute Gasteiger partial charge is 0.443 e. The molecule has 1 N–H and O–H groups in total. The summed E-state index contributed by atoms with van der Waals surface area (Å²) in [6.45, 7) is 10.7. The second-order valence-electron chi connectivity index (χ2n) is 7.67. The quantitative estimate of drug-likeness (QED) is 0.832. The van der Waals surface area contributed by atoms with Crippen LogP contribution < -0.4 is 10.2 Å². The summed E-state index contributed by atoms with van der Waals surface area (Å²) < 4.78 is 11.1. The maximum atomic E-state index is 12.5. The highest BCUT2D eigenvalue weighted by Crippen LogP contribution is 2.32. The number of amides is 1. The Kier molecular flexibility index (Phi) is 5.77. The van der Waals surface area contributed by atoms with E-state index in [2.05, 4.69) is 25.1 Å². The van der Waals surface area contributed by atoms with E-state index in [0.717, 1.165) is 81.3 Å². The van der Waals surface area contributed by atoms with Gasteiger partial charge in [-0.2, -0.15) is 0 Å². The van der Waals surface area contributed by atoms with E-state index in [-0.39, 0.29) is 11.8 Å². The summed E-state index contributed by atoms with van der Waals surface area (Å²) >= 11 is 0. The molecule has 2 aliphatic rings. The Hall–Kier alpha value is -2.19. The Morgan fingerprint density at radius 2 is 1.93 bits per heavy atom. The molecule has 0 aromatic carbocycles. The van der Waals surface area contributed by atoms with Crippen LogP contribution in [0.5, 0.6) is 0 Å². The molecule has 2 fully saturated rings. The lowest BCUT2D eigenvalue weighted by Gasteiger charge is -2.32. The Morgan fingerprint density at radius 1 is 1.18 bits per heavy atom. The number of hydrogen-bond acceptors (Lipinski definition) is 7. The number of furan rings is 1. The zero-order valence-electron chi connectivity index (χ0n) is 16.7. The number of aryl methyl sites for hydroxylation is 2. The van der Waals surface area contributed by atoms with Gasteiger partial charge in [0.25, 0.3) is 0 Å². The van der Waals surface area contributed by atoms with Gasteiger partial charge in [-0.25, -0.2) is 9.97 Å². The van der Waals surface area contributed by atoms with Gasteiger partial charge in [0, 0.05) is 50.7 Å². The van der Waals surface area contributed by atoms with Crippen LogP contribution in [0.25, 0.3) is 11.1 Å². The van der Waals surface area contributed by atoms with E-state index < -0.39 is 0 Å². The van der Waals surface area contributed by atoms with E-state index in [0.29, 0.717) is 12.3 Å². The second kappa shape index (κ2) is 8.45. The standard InChI is InChI=1S/C20H29N5O3/c1-14-15(2)28-20-17(14)18(22-13-23-20)25-6-3-16(4-7-25)19(26)21-5-8-24-9-11-27-12-10-24/h13,16H,3-12H2,1-2H3,(H,21,26). The number of piperidine rings is 1. The number of carbonyl (C=O) groups excluding carboxylic acids is 1. The maximum absolute atomic E-state index is 12.5. The smallest absolute Gasteiger partial charge is 0.231 e. The van der Waals surface area contributed by atoms with Crippen molar-refractivity contribution in [1.82, 2.24) is 20.2 Å². The van der Waals surface area contributed by atoms with Gasteiger partial charge in [0.2, 0.25) is 11.6 Å². The fourth-order valence-corrected chi connectivity index (χ4v) is 4.06. The lowest BCUT2D eigenvalue weighted by atomic mass is 9.95. The first-order valence-corrected chi connectivity index (χ1v) is 10.2. The van der Waals surface area contributed by atoms with Crippen LogP contribution >= 0.6 is 0 Å². The molecule has 0 radical (unpaired) electrons. The van der Waals surface area contributed by atoms with Crippen molar-refractivity contribution in [2.45, 2.75) is 26.7 Å². The highest BCUT2D eigenvalue weighted by Gasteiger charge is 2.27. The number of carbonyl (C=O) groups is 1. The third kappa shape index (κ3) is 3.98. The number of rotatable bonds is 5. The molecule has 4 heterocycles. The van der Waals surface area contributed by atoms with Crippen LogP contribution in [0.1, 0.15) is 24.2 Å². The Morgan fingerprint density at radius 3 is 2.68 bits per heavy atom. The predicted molar refractivity (Wildman–Crippen MR) is 106 cm³/mol. The number of aromatic nitrogens is 2. The normalized spacial score (nSPS) is 19.3. The van der Waals surface area contributed by atoms with Crippen LogP contribution in [0.2, 0.25) is 0 Å². The minimum Gasteiger partial charge on any atom is -0.443 e. The first-order valence-electron chi connectivity index (χ1n) is 10.2. The molecular weight excluding hydrogens is 358 g/mol. The van der Waals surface area contributed by atoms with E-state index >= 15 is 0 Å². The Labute approximate surface area is 165 Å². The fraction of sp³-hybridized carbons (Fsp3) is 0.650. The summed E-state index contributed by atoms with van der Waals surface area (Å²) in [5, 5.41) is 4.11. The first kappa shape index (κ1) is 19.1. The van der Waals surface area contributed by atoms with Crippen molar-refractivity contribution < 1.29 is 13.9 Å². The molecule has 8 heteroatoms. The third-order valence-electron chi connectivity index (χ3n) is 5.94. The van der Waals surface area contributed by atoms with E-state index in [1.165, 1.54) is 0 Å². The van der Waals surface area contributed by atoms with Crippen LogP contribution in [0.15, 0.2) is 10.7 Å². The SMILES string of the molecule is Cc1oc2ncnc(N3CCC(C(=O)NCCN4CCOCC4)CC3)c2c1C. The van der Waals surface area contributed by atoms with Gasteiger partial charge in [-0.1, -0.05) is 0 Å². The molecule has 4 rings (SSSR count). The summed E-state index contributed by atoms with van der Waals surface area (Å²) in [5.74, 6) is 2.05. The molecule has 1 amide bonds. The van der Waals surface area contributed by atoms with E-state index in [9.17, 15) is 4.79 Å². The van der Waals surface area contributed by atoms with Crippen molar-refractivity contribution in [3.05, 3.63) is 17.7 Å². The highest BCUT2D eigenvalue weighted by atomic mass is 16.5. The minimum atomic E-state index is 0.0745. The molecule has 0 saturated carbocycles. The molecule has 0 unspecified atom stereocenters. The summed E-state index contributed by atoms with van der Waals surface area (Å²) in [6, 6.07) is 0. The highest BCUT2D eigenvalue weighted by molar-refractivity contribution is 5.90. The van der Waals surface area contributed by atoms with Crippen molar-refractivity contribution in [3.63, 3.8) is 0 Å². The summed E-state index contributed by atoms with van der Waals surface area (Å²) in [5.41, 5.74) is 1.73. The number of fused-ring (bicyclic) bond motifs is 1. The number of nitrogens with zero attached hydrogens (tertiary/aromatic N) is 4. The fourth-order valence-electron chi connectivity index (χ4n) is 4.06. The van der Waals surface area contributed by atoms with E-state index in [1.807, 2.05) is 13.8 Å². The summed E-state index contributed by atoms with van der Waals surface area (Å²) in [4.78, 5) is 25.9. The Balaban J connectivity index is 1.30. The zero-order chi connectivity index (χ0) is 19.5. The number of anilines is 1. The average molecular weight is 387 g/mol. The molecule has 2 aromatic heterocycles. The van der Waals surface area contributed by atoms with Crippen LogP contribution in [0, 0.1) is 19.8 Å². The van der Waals surface area contributed by atoms with Crippen molar-refractivity contribution in [2.75, 3.05) is 57.4 Å². The molecule has 0 atom stereocenters. The summed E-state index contributed by atoms with van der Waals surface area (Å²) in [7, 11) is 0. The van der Waals surface area contributed by atoms with Gasteiger partial charge in [-0.15, -0.1) is 0 Å². The lowest BCUT2D eigenvalue weighted by Crippen LogP contribution is -2.44. The average Bonchev–Trinajstić information content (AvgIpc) is 3.03. The number of hydrogen-bond donors (Lipinski definition) is 1. The van der Waals surface area contributed by atoms with Gasteiger partial charge < -0.3 is 19.4 Å². The maximum Gasteiger partial charge on any atom is 0.231 e. The number of morpholine rings is 1. The molecule has 0 spiro atoms. The lowest BCUT2D eigenvalue weighted by molar-refractivity contribution is -0.125. The Bertz CT molecular complexity index is 823. The predicted octanol–water partition coefficient (Wildman–Crippen LogP) is 1.50. The minimum absolute atomic E-state index is 0.0745. The van der Waals surface area contributed by atoms with Crippen LogP contribution in [-0.4, -0.2) is 73.3 Å². The molecule has 0 aliphatic carbocycles. The van der Waals surface area contributed by atoms with Gasteiger partial charge in [0.05, 0.1) is 18.6 Å². The molecule has 2 saturated heterocycles. The van der Waals surface area contributed by atoms with Crippen molar-refractivity contribution in [3.8, 4) is 0 Å². The van der Waals surface area contributed by atoms with Gasteiger partial charge in [0.1, 0.15) is 17.9 Å². The van der Waals surface area contributed by atoms with E-state index in [4.69, 9.17) is 9.15 Å². The monoisotopic (exact) mass is 387 g/mol. The van der Waals surface area contributed by atoms with Gasteiger partial charge in [0.15, 0.2) is 0 Å². The molecule has 2 aromatic rings. The van der Waals surface area contributed by atoms with Crippen molar-refractivity contribution in [1.29, 1.82) is 0 Å². The molecule has 152 valence electrons. The van der Waals surface area contributed by atoms with Crippen LogP contribution in [0.4, 0.5) is 5.82 Å². The van der Waals surface area contributed by atoms with E-state index in [1.54, 1.807) is 6.33 Å². The number of nitrogens with one attached hydrogen (secondary N) is 1.